The van der Waals surface area contributed by atoms with Crippen molar-refractivity contribution >= 4 is 11.9 Å². The van der Waals surface area contributed by atoms with Gasteiger partial charge in [-0.15, -0.1) is 0 Å². The minimum absolute atomic E-state index is 0.0232. The summed E-state index contributed by atoms with van der Waals surface area (Å²) in [5, 5.41) is 6.03. The van der Waals surface area contributed by atoms with E-state index in [1.165, 1.54) is 7.11 Å². The van der Waals surface area contributed by atoms with Gasteiger partial charge >= 0.3 is 5.97 Å². The van der Waals surface area contributed by atoms with Crippen molar-refractivity contribution in [2.45, 2.75) is 24.9 Å². The highest BCUT2D eigenvalue weighted by atomic mass is 16.5. The van der Waals surface area contributed by atoms with E-state index in [1.54, 1.807) is 0 Å². The van der Waals surface area contributed by atoms with Gasteiger partial charge in [0.1, 0.15) is 0 Å². The maximum atomic E-state index is 11.8. The number of hydrogen-bond acceptors (Lipinski definition) is 4. The molecule has 2 rings (SSSR count). The van der Waals surface area contributed by atoms with E-state index in [0.29, 0.717) is 13.0 Å². The molecule has 1 aromatic rings. The highest BCUT2D eigenvalue weighted by Crippen LogP contribution is 2.08. The first-order valence-corrected chi connectivity index (χ1v) is 6.33. The smallest absolute Gasteiger partial charge is 0.307 e. The van der Waals surface area contributed by atoms with E-state index in [4.69, 9.17) is 0 Å². The van der Waals surface area contributed by atoms with Gasteiger partial charge in [-0.3, -0.25) is 9.59 Å². The number of benzene rings is 1. The van der Waals surface area contributed by atoms with E-state index < -0.39 is 0 Å². The molecule has 1 saturated heterocycles. The number of esters is 1. The van der Waals surface area contributed by atoms with Crippen LogP contribution in [0, 0.1) is 0 Å². The van der Waals surface area contributed by atoms with E-state index in [-0.39, 0.29) is 30.4 Å². The Labute approximate surface area is 112 Å². The monoisotopic (exact) mass is 262 g/mol. The Morgan fingerprint density at radius 1 is 1.37 bits per heavy atom. The van der Waals surface area contributed by atoms with Crippen LogP contribution in [0.5, 0.6) is 0 Å². The number of methoxy groups -OCH3 is 1. The third-order valence-electron chi connectivity index (χ3n) is 3.20. The number of carbonyl (C=O) groups excluding carboxylic acids is 2. The molecule has 0 saturated carbocycles. The average molecular weight is 262 g/mol. The van der Waals surface area contributed by atoms with Gasteiger partial charge in [0.15, 0.2) is 0 Å². The number of nitrogens with one attached hydrogen (secondary N) is 2. The van der Waals surface area contributed by atoms with Crippen LogP contribution in [-0.2, 0) is 20.7 Å². The number of ether oxygens (including phenoxy) is 1. The molecule has 0 aromatic heterocycles. The van der Waals surface area contributed by atoms with Crippen LogP contribution in [0.3, 0.4) is 0 Å². The Kier molecular flexibility index (Phi) is 4.52. The van der Waals surface area contributed by atoms with E-state index in [2.05, 4.69) is 15.4 Å². The molecule has 1 heterocycles. The average Bonchev–Trinajstić information content (AvgIpc) is 2.43. The Morgan fingerprint density at radius 2 is 2.11 bits per heavy atom. The predicted octanol–water partition coefficient (Wildman–Crippen LogP) is 0.249. The number of carbonyl (C=O) groups is 2. The van der Waals surface area contributed by atoms with Crippen LogP contribution < -0.4 is 10.6 Å². The summed E-state index contributed by atoms with van der Waals surface area (Å²) in [5.41, 5.74) is 1.09. The lowest BCUT2D eigenvalue weighted by Gasteiger charge is -2.30. The van der Waals surface area contributed by atoms with Crippen molar-refractivity contribution in [3.05, 3.63) is 35.9 Å². The molecule has 1 aliphatic heterocycles. The number of rotatable bonds is 4. The lowest BCUT2D eigenvalue weighted by molar-refractivity contribution is -0.142. The van der Waals surface area contributed by atoms with Crippen LogP contribution in [0.1, 0.15) is 12.0 Å². The Hall–Kier alpha value is -1.88. The normalized spacial score (nSPS) is 22.7. The maximum absolute atomic E-state index is 11.8. The first kappa shape index (κ1) is 13.5. The topological polar surface area (TPSA) is 67.4 Å². The Morgan fingerprint density at radius 3 is 2.79 bits per heavy atom. The molecule has 0 bridgehead atoms. The number of piperazine rings is 1. The Balaban J connectivity index is 1.95. The first-order chi connectivity index (χ1) is 9.19. The van der Waals surface area contributed by atoms with Gasteiger partial charge in [-0.2, -0.15) is 0 Å². The van der Waals surface area contributed by atoms with Gasteiger partial charge in [-0.25, -0.2) is 0 Å². The zero-order valence-corrected chi connectivity index (χ0v) is 10.9. The summed E-state index contributed by atoms with van der Waals surface area (Å²) < 4.78 is 4.64. The lowest BCUT2D eigenvalue weighted by atomic mass is 10.0. The van der Waals surface area contributed by atoms with Crippen molar-refractivity contribution in [1.29, 1.82) is 0 Å². The molecule has 0 spiro atoms. The van der Waals surface area contributed by atoms with Gasteiger partial charge in [0.2, 0.25) is 5.91 Å². The lowest BCUT2D eigenvalue weighted by Crippen LogP contribution is -2.59. The molecule has 102 valence electrons. The van der Waals surface area contributed by atoms with Crippen molar-refractivity contribution in [1.82, 2.24) is 10.6 Å². The molecular formula is C14H18N2O3. The van der Waals surface area contributed by atoms with Crippen molar-refractivity contribution in [3.63, 3.8) is 0 Å². The summed E-state index contributed by atoms with van der Waals surface area (Å²) in [4.78, 5) is 23.1. The largest absolute Gasteiger partial charge is 0.469 e. The molecule has 5 heteroatoms. The van der Waals surface area contributed by atoms with Crippen LogP contribution in [0.4, 0.5) is 0 Å². The quantitative estimate of drug-likeness (QED) is 0.763. The number of amides is 1. The second-order valence-electron chi connectivity index (χ2n) is 4.63. The molecule has 1 fully saturated rings. The van der Waals surface area contributed by atoms with Gasteiger partial charge in [-0.1, -0.05) is 30.3 Å². The van der Waals surface area contributed by atoms with E-state index in [9.17, 15) is 9.59 Å². The highest BCUT2D eigenvalue weighted by molar-refractivity contribution is 5.83. The highest BCUT2D eigenvalue weighted by Gasteiger charge is 2.29. The van der Waals surface area contributed by atoms with Crippen LogP contribution in [0.25, 0.3) is 0 Å². The third kappa shape index (κ3) is 3.79. The van der Waals surface area contributed by atoms with Gasteiger partial charge in [-0.05, 0) is 12.0 Å². The summed E-state index contributed by atoms with van der Waals surface area (Å²) >= 11 is 0. The van der Waals surface area contributed by atoms with Gasteiger partial charge in [0.05, 0.1) is 19.6 Å². The molecule has 0 unspecified atom stereocenters. The summed E-state index contributed by atoms with van der Waals surface area (Å²) in [7, 11) is 1.37. The van der Waals surface area contributed by atoms with E-state index >= 15 is 0 Å². The summed E-state index contributed by atoms with van der Waals surface area (Å²) in [5.74, 6) is -0.294. The first-order valence-electron chi connectivity index (χ1n) is 6.33. The predicted molar refractivity (Wildman–Crippen MR) is 70.5 cm³/mol. The summed E-state index contributed by atoms with van der Waals surface area (Å²) in [6.45, 7) is 0.458. The van der Waals surface area contributed by atoms with Crippen LogP contribution >= 0.6 is 0 Å². The van der Waals surface area contributed by atoms with E-state index in [0.717, 1.165) is 5.56 Å². The minimum atomic E-state index is -0.300. The molecule has 2 N–H and O–H groups in total. The maximum Gasteiger partial charge on any atom is 0.307 e. The fourth-order valence-electron chi connectivity index (χ4n) is 2.18. The molecule has 5 nitrogen and oxygen atoms in total. The molecular weight excluding hydrogens is 244 g/mol. The molecule has 1 aliphatic rings. The van der Waals surface area contributed by atoms with Crippen LogP contribution in [-0.4, -0.2) is 37.6 Å². The zero-order valence-electron chi connectivity index (χ0n) is 10.9. The summed E-state index contributed by atoms with van der Waals surface area (Å²) in [6.07, 6.45) is 0.881. The molecule has 1 aromatic carbocycles. The fraction of sp³-hybridized carbons (Fsp3) is 0.429. The molecule has 2 atom stereocenters. The minimum Gasteiger partial charge on any atom is -0.469 e. The van der Waals surface area contributed by atoms with Crippen molar-refractivity contribution in [3.8, 4) is 0 Å². The molecule has 1 amide bonds. The molecule has 19 heavy (non-hydrogen) atoms. The van der Waals surface area contributed by atoms with Crippen molar-refractivity contribution in [2.75, 3.05) is 13.7 Å². The van der Waals surface area contributed by atoms with Gasteiger partial charge in [0.25, 0.3) is 0 Å². The summed E-state index contributed by atoms with van der Waals surface area (Å²) in [6, 6.07) is 9.43. The van der Waals surface area contributed by atoms with Crippen LogP contribution in [0.15, 0.2) is 30.3 Å². The standard InChI is InChI=1S/C14H18N2O3/c1-19-13(17)8-11-9-15-14(18)12(16-11)7-10-5-3-2-4-6-10/h2-6,11-12,16H,7-9H2,1H3,(H,15,18)/t11-,12-/m0/s1. The van der Waals surface area contributed by atoms with Crippen LogP contribution in [0.2, 0.25) is 0 Å². The van der Waals surface area contributed by atoms with Gasteiger partial charge < -0.3 is 15.4 Å². The SMILES string of the molecule is COC(=O)C[C@H]1CNC(=O)[C@H](Cc2ccccc2)N1. The fourth-order valence-corrected chi connectivity index (χ4v) is 2.18. The zero-order chi connectivity index (χ0) is 13.7. The van der Waals surface area contributed by atoms with Crippen molar-refractivity contribution in [2.24, 2.45) is 0 Å². The molecule has 0 aliphatic carbocycles. The second kappa shape index (κ2) is 6.33. The Bertz CT molecular complexity index is 447. The van der Waals surface area contributed by atoms with Crippen molar-refractivity contribution < 1.29 is 14.3 Å². The van der Waals surface area contributed by atoms with Gasteiger partial charge in [0, 0.05) is 12.6 Å². The number of hydrogen-bond donors (Lipinski definition) is 2. The molecule has 0 radical (unpaired) electrons. The third-order valence-corrected chi connectivity index (χ3v) is 3.20. The second-order valence-corrected chi connectivity index (χ2v) is 4.63. The van der Waals surface area contributed by atoms with E-state index in [1.807, 2.05) is 30.3 Å².